The van der Waals surface area contributed by atoms with Gasteiger partial charge in [0.25, 0.3) is 0 Å². The molecule has 0 aromatic heterocycles. The van der Waals surface area contributed by atoms with Gasteiger partial charge >= 0.3 is 0 Å². The van der Waals surface area contributed by atoms with Crippen LogP contribution in [0.3, 0.4) is 0 Å². The van der Waals surface area contributed by atoms with Crippen LogP contribution in [0.2, 0.25) is 0 Å². The fourth-order valence-electron chi connectivity index (χ4n) is 2.16. The van der Waals surface area contributed by atoms with Crippen LogP contribution in [-0.4, -0.2) is 20.0 Å². The highest BCUT2D eigenvalue weighted by atomic mass is 79.9. The van der Waals surface area contributed by atoms with E-state index in [9.17, 15) is 4.79 Å². The van der Waals surface area contributed by atoms with Gasteiger partial charge in [-0.1, -0.05) is 15.9 Å². The molecule has 0 N–H and O–H groups in total. The van der Waals surface area contributed by atoms with E-state index in [0.717, 1.165) is 15.6 Å². The number of ketones is 1. The van der Waals surface area contributed by atoms with Crippen LogP contribution in [0.5, 0.6) is 11.5 Å². The van der Waals surface area contributed by atoms with Crippen molar-refractivity contribution in [1.82, 2.24) is 0 Å². The number of benzene rings is 2. The number of halogens is 1. The molecule has 0 amide bonds. The van der Waals surface area contributed by atoms with Crippen LogP contribution in [0.4, 0.5) is 0 Å². The second kappa shape index (κ2) is 6.31. The Hall–Kier alpha value is -1.81. The van der Waals surface area contributed by atoms with E-state index in [1.165, 1.54) is 0 Å². The summed E-state index contributed by atoms with van der Waals surface area (Å²) in [5.74, 6) is 1.10. The maximum absolute atomic E-state index is 12.8. The molecule has 21 heavy (non-hydrogen) atoms. The van der Waals surface area contributed by atoms with Gasteiger partial charge in [0.2, 0.25) is 0 Å². The Morgan fingerprint density at radius 3 is 2.29 bits per heavy atom. The highest BCUT2D eigenvalue weighted by Gasteiger charge is 2.18. The van der Waals surface area contributed by atoms with Gasteiger partial charge in [-0.25, -0.2) is 0 Å². The zero-order valence-corrected chi connectivity index (χ0v) is 14.1. The molecule has 3 nitrogen and oxygen atoms in total. The van der Waals surface area contributed by atoms with E-state index >= 15 is 0 Å². The fraction of sp³-hybridized carbons (Fsp3) is 0.235. The molecular formula is C17H17BrO3. The number of aryl methyl sites for hydroxylation is 2. The first-order valence-corrected chi connectivity index (χ1v) is 7.30. The van der Waals surface area contributed by atoms with Crippen molar-refractivity contribution in [2.45, 2.75) is 13.8 Å². The van der Waals surface area contributed by atoms with Crippen molar-refractivity contribution in [2.24, 2.45) is 0 Å². The number of hydrogen-bond acceptors (Lipinski definition) is 3. The van der Waals surface area contributed by atoms with Crippen molar-refractivity contribution < 1.29 is 14.3 Å². The first-order chi connectivity index (χ1) is 9.97. The lowest BCUT2D eigenvalue weighted by Crippen LogP contribution is -2.07. The third-order valence-corrected chi connectivity index (χ3v) is 4.26. The third kappa shape index (κ3) is 3.10. The molecule has 2 aromatic rings. The van der Waals surface area contributed by atoms with Crippen LogP contribution < -0.4 is 9.47 Å². The first kappa shape index (κ1) is 15.6. The Morgan fingerprint density at radius 2 is 1.67 bits per heavy atom. The molecule has 0 unspecified atom stereocenters. The molecule has 0 heterocycles. The van der Waals surface area contributed by atoms with Gasteiger partial charge in [0.15, 0.2) is 5.78 Å². The molecule has 0 atom stereocenters. The largest absolute Gasteiger partial charge is 0.497 e. The van der Waals surface area contributed by atoms with Crippen LogP contribution in [0, 0.1) is 13.8 Å². The molecular weight excluding hydrogens is 332 g/mol. The molecule has 110 valence electrons. The van der Waals surface area contributed by atoms with E-state index in [-0.39, 0.29) is 5.78 Å². The topological polar surface area (TPSA) is 35.5 Å². The van der Waals surface area contributed by atoms with Crippen molar-refractivity contribution in [3.8, 4) is 11.5 Å². The van der Waals surface area contributed by atoms with Crippen LogP contribution in [-0.2, 0) is 0 Å². The number of ether oxygens (including phenoxy) is 2. The van der Waals surface area contributed by atoms with Crippen LogP contribution in [0.15, 0.2) is 34.8 Å². The maximum Gasteiger partial charge on any atom is 0.197 e. The Kier molecular flexibility index (Phi) is 4.68. The van der Waals surface area contributed by atoms with Crippen LogP contribution in [0.1, 0.15) is 27.0 Å². The van der Waals surface area contributed by atoms with Gasteiger partial charge in [-0.05, 0) is 55.3 Å². The lowest BCUT2D eigenvalue weighted by Gasteiger charge is -2.12. The highest BCUT2D eigenvalue weighted by molar-refractivity contribution is 9.10. The number of hydrogen-bond donors (Lipinski definition) is 0. The standard InChI is InChI=1S/C17H17BrO3/c1-10-8-15(18)11(2)7-13(10)17(19)14-9-12(20-3)5-6-16(14)21-4/h5-9H,1-4H3. The number of carbonyl (C=O) groups excluding carboxylic acids is 1. The summed E-state index contributed by atoms with van der Waals surface area (Å²) in [7, 11) is 3.13. The minimum atomic E-state index is -0.0705. The molecule has 0 saturated carbocycles. The molecule has 4 heteroatoms. The molecule has 0 aliphatic rings. The van der Waals surface area contributed by atoms with Crippen LogP contribution in [0.25, 0.3) is 0 Å². The molecule has 0 saturated heterocycles. The van der Waals surface area contributed by atoms with E-state index < -0.39 is 0 Å². The molecule has 2 aromatic carbocycles. The van der Waals surface area contributed by atoms with Crippen LogP contribution >= 0.6 is 15.9 Å². The van der Waals surface area contributed by atoms with E-state index in [0.29, 0.717) is 22.6 Å². The molecule has 0 radical (unpaired) electrons. The van der Waals surface area contributed by atoms with E-state index in [2.05, 4.69) is 15.9 Å². The quantitative estimate of drug-likeness (QED) is 0.772. The summed E-state index contributed by atoms with van der Waals surface area (Å²) in [5.41, 5.74) is 3.11. The molecule has 0 bridgehead atoms. The van der Waals surface area contributed by atoms with Crippen molar-refractivity contribution in [1.29, 1.82) is 0 Å². The number of methoxy groups -OCH3 is 2. The van der Waals surface area contributed by atoms with Gasteiger partial charge in [0, 0.05) is 10.0 Å². The molecule has 0 aliphatic carbocycles. The lowest BCUT2D eigenvalue weighted by molar-refractivity contribution is 0.103. The van der Waals surface area contributed by atoms with E-state index in [1.807, 2.05) is 26.0 Å². The smallest absolute Gasteiger partial charge is 0.197 e. The molecule has 0 spiro atoms. The third-order valence-electron chi connectivity index (χ3n) is 3.40. The zero-order chi connectivity index (χ0) is 15.6. The number of rotatable bonds is 4. The van der Waals surface area contributed by atoms with E-state index in [1.54, 1.807) is 32.4 Å². The van der Waals surface area contributed by atoms with Crippen molar-refractivity contribution in [2.75, 3.05) is 14.2 Å². The van der Waals surface area contributed by atoms with Crippen molar-refractivity contribution in [3.63, 3.8) is 0 Å². The monoisotopic (exact) mass is 348 g/mol. The highest BCUT2D eigenvalue weighted by Crippen LogP contribution is 2.29. The second-order valence-electron chi connectivity index (χ2n) is 4.81. The van der Waals surface area contributed by atoms with E-state index in [4.69, 9.17) is 9.47 Å². The fourth-order valence-corrected chi connectivity index (χ4v) is 2.62. The predicted octanol–water partition coefficient (Wildman–Crippen LogP) is 4.31. The van der Waals surface area contributed by atoms with Gasteiger partial charge in [-0.3, -0.25) is 4.79 Å². The Labute approximate surface area is 133 Å². The van der Waals surface area contributed by atoms with Gasteiger partial charge in [0.1, 0.15) is 11.5 Å². The van der Waals surface area contributed by atoms with Gasteiger partial charge in [0.05, 0.1) is 19.8 Å². The average molecular weight is 349 g/mol. The summed E-state index contributed by atoms with van der Waals surface area (Å²) in [5, 5.41) is 0. The zero-order valence-electron chi connectivity index (χ0n) is 12.5. The Balaban J connectivity index is 2.56. The lowest BCUT2D eigenvalue weighted by atomic mass is 9.96. The van der Waals surface area contributed by atoms with Crippen molar-refractivity contribution in [3.05, 3.63) is 57.1 Å². The average Bonchev–Trinajstić information content (AvgIpc) is 2.49. The number of carbonyl (C=O) groups is 1. The summed E-state index contributed by atoms with van der Waals surface area (Å²) in [6.45, 7) is 3.88. The summed E-state index contributed by atoms with van der Waals surface area (Å²) >= 11 is 3.48. The first-order valence-electron chi connectivity index (χ1n) is 6.51. The molecule has 0 aliphatic heterocycles. The summed E-state index contributed by atoms with van der Waals surface area (Å²) in [6.07, 6.45) is 0. The van der Waals surface area contributed by atoms with Gasteiger partial charge in [-0.15, -0.1) is 0 Å². The SMILES string of the molecule is COc1ccc(OC)c(C(=O)c2cc(C)c(Br)cc2C)c1. The maximum atomic E-state index is 12.8. The van der Waals surface area contributed by atoms with Gasteiger partial charge in [-0.2, -0.15) is 0 Å². The summed E-state index contributed by atoms with van der Waals surface area (Å²) in [4.78, 5) is 12.8. The Morgan fingerprint density at radius 1 is 0.952 bits per heavy atom. The summed E-state index contributed by atoms with van der Waals surface area (Å²) < 4.78 is 11.5. The normalized spacial score (nSPS) is 10.3. The Bertz CT molecular complexity index is 693. The van der Waals surface area contributed by atoms with Crippen molar-refractivity contribution >= 4 is 21.7 Å². The minimum absolute atomic E-state index is 0.0705. The van der Waals surface area contributed by atoms with Gasteiger partial charge < -0.3 is 9.47 Å². The molecule has 2 rings (SSSR count). The second-order valence-corrected chi connectivity index (χ2v) is 5.67. The molecule has 0 fully saturated rings. The predicted molar refractivity (Wildman–Crippen MR) is 86.6 cm³/mol. The minimum Gasteiger partial charge on any atom is -0.497 e. The summed E-state index contributed by atoms with van der Waals surface area (Å²) in [6, 6.07) is 9.07.